The Kier molecular flexibility index (Phi) is 4.18. The van der Waals surface area contributed by atoms with Gasteiger partial charge in [-0.25, -0.2) is 4.98 Å². The van der Waals surface area contributed by atoms with E-state index >= 15 is 0 Å². The number of aromatic nitrogens is 2. The number of aliphatic hydroxyl groups is 1. The molecule has 1 heterocycles. The summed E-state index contributed by atoms with van der Waals surface area (Å²) >= 11 is 3.50. The highest BCUT2D eigenvalue weighted by atomic mass is 79.9. The van der Waals surface area contributed by atoms with Crippen molar-refractivity contribution < 1.29 is 5.11 Å². The average Bonchev–Trinajstić information content (AvgIpc) is 2.86. The fourth-order valence-corrected chi connectivity index (χ4v) is 2.95. The summed E-state index contributed by atoms with van der Waals surface area (Å²) < 4.78 is 2.73. The highest BCUT2D eigenvalue weighted by Gasteiger charge is 2.18. The molecule has 4 heteroatoms. The Hall–Kier alpha value is -1.91. The minimum Gasteiger partial charge on any atom is -0.395 e. The van der Waals surface area contributed by atoms with Crippen LogP contribution < -0.4 is 0 Å². The third-order valence-corrected chi connectivity index (χ3v) is 3.94. The second kappa shape index (κ2) is 6.24. The zero-order valence-electron chi connectivity index (χ0n) is 11.4. The van der Waals surface area contributed by atoms with E-state index in [4.69, 9.17) is 0 Å². The van der Waals surface area contributed by atoms with Crippen molar-refractivity contribution in [3.05, 3.63) is 65.4 Å². The molecule has 0 aliphatic carbocycles. The zero-order valence-corrected chi connectivity index (χ0v) is 13.0. The minimum atomic E-state index is 0.0724. The molecule has 3 nitrogen and oxygen atoms in total. The quantitative estimate of drug-likeness (QED) is 0.778. The number of benzene rings is 2. The maximum Gasteiger partial charge on any atom is 0.178 e. The smallest absolute Gasteiger partial charge is 0.178 e. The second-order valence-electron chi connectivity index (χ2n) is 4.69. The molecule has 3 aromatic rings. The van der Waals surface area contributed by atoms with Gasteiger partial charge in [0.2, 0.25) is 0 Å². The van der Waals surface area contributed by atoms with Gasteiger partial charge in [-0.15, -0.1) is 0 Å². The number of imidazole rings is 1. The fraction of sp³-hybridized carbons (Fsp3) is 0.118. The summed E-state index contributed by atoms with van der Waals surface area (Å²) in [6.07, 6.45) is 0. The molecule has 0 bridgehead atoms. The van der Waals surface area contributed by atoms with Gasteiger partial charge in [-0.3, -0.25) is 0 Å². The summed E-state index contributed by atoms with van der Waals surface area (Å²) in [5, 5.41) is 9.33. The predicted molar refractivity (Wildman–Crippen MR) is 87.9 cm³/mol. The first kappa shape index (κ1) is 14.0. The van der Waals surface area contributed by atoms with Crippen molar-refractivity contribution >= 4 is 15.9 Å². The van der Waals surface area contributed by atoms with E-state index in [1.54, 1.807) is 0 Å². The van der Waals surface area contributed by atoms with Gasteiger partial charge in [0.1, 0.15) is 0 Å². The summed E-state index contributed by atoms with van der Waals surface area (Å²) in [5.41, 5.74) is 4.08. The Morgan fingerprint density at radius 1 is 0.905 bits per heavy atom. The number of rotatable bonds is 4. The van der Waals surface area contributed by atoms with Gasteiger partial charge in [0, 0.05) is 17.7 Å². The summed E-state index contributed by atoms with van der Waals surface area (Å²) in [7, 11) is 0. The SMILES string of the molecule is OCCn1c(Br)nc(-c2ccccc2)c1-c1ccccc1. The van der Waals surface area contributed by atoms with Gasteiger partial charge < -0.3 is 9.67 Å². The van der Waals surface area contributed by atoms with Crippen LogP contribution in [0, 0.1) is 0 Å². The molecule has 0 fully saturated rings. The van der Waals surface area contributed by atoms with Gasteiger partial charge >= 0.3 is 0 Å². The molecule has 1 aromatic heterocycles. The lowest BCUT2D eigenvalue weighted by atomic mass is 10.0. The van der Waals surface area contributed by atoms with Crippen LogP contribution in [0.2, 0.25) is 0 Å². The lowest BCUT2D eigenvalue weighted by Gasteiger charge is -2.10. The lowest BCUT2D eigenvalue weighted by molar-refractivity contribution is 0.275. The van der Waals surface area contributed by atoms with Crippen LogP contribution in [0.4, 0.5) is 0 Å². The van der Waals surface area contributed by atoms with Crippen molar-refractivity contribution in [2.24, 2.45) is 0 Å². The molecule has 0 aliphatic rings. The van der Waals surface area contributed by atoms with Crippen LogP contribution in [-0.4, -0.2) is 21.3 Å². The maximum absolute atomic E-state index is 9.33. The van der Waals surface area contributed by atoms with Gasteiger partial charge in [-0.1, -0.05) is 60.7 Å². The Balaban J connectivity index is 2.23. The molecular weight excluding hydrogens is 328 g/mol. The van der Waals surface area contributed by atoms with Crippen molar-refractivity contribution in [3.63, 3.8) is 0 Å². The molecule has 0 spiro atoms. The molecule has 0 saturated heterocycles. The van der Waals surface area contributed by atoms with Gasteiger partial charge in [-0.05, 0) is 15.9 Å². The zero-order chi connectivity index (χ0) is 14.7. The summed E-state index contributed by atoms with van der Waals surface area (Å²) in [4.78, 5) is 4.64. The van der Waals surface area contributed by atoms with Crippen molar-refractivity contribution in [2.75, 3.05) is 6.61 Å². The monoisotopic (exact) mass is 342 g/mol. The van der Waals surface area contributed by atoms with E-state index in [2.05, 4.69) is 33.0 Å². The van der Waals surface area contributed by atoms with Gasteiger partial charge in [0.15, 0.2) is 4.73 Å². The third-order valence-electron chi connectivity index (χ3n) is 3.34. The molecule has 0 saturated carbocycles. The van der Waals surface area contributed by atoms with Gasteiger partial charge in [0.25, 0.3) is 0 Å². The number of aliphatic hydroxyl groups excluding tert-OH is 1. The number of hydrogen-bond acceptors (Lipinski definition) is 2. The van der Waals surface area contributed by atoms with E-state index in [1.807, 2.05) is 53.1 Å². The Labute approximate surface area is 132 Å². The molecule has 106 valence electrons. The Morgan fingerprint density at radius 2 is 1.48 bits per heavy atom. The van der Waals surface area contributed by atoms with Gasteiger partial charge in [-0.2, -0.15) is 0 Å². The molecule has 0 radical (unpaired) electrons. The molecule has 0 unspecified atom stereocenters. The first-order valence-electron chi connectivity index (χ1n) is 6.79. The van der Waals surface area contributed by atoms with E-state index in [-0.39, 0.29) is 6.61 Å². The minimum absolute atomic E-state index is 0.0724. The molecule has 1 N–H and O–H groups in total. The van der Waals surface area contributed by atoms with Crippen molar-refractivity contribution in [1.29, 1.82) is 0 Å². The Bertz CT molecular complexity index is 723. The van der Waals surface area contributed by atoms with Crippen LogP contribution in [-0.2, 0) is 6.54 Å². The standard InChI is InChI=1S/C17H15BrN2O/c18-17-19-15(13-7-3-1-4-8-13)16(20(17)11-12-21)14-9-5-2-6-10-14/h1-10,21H,11-12H2. The van der Waals surface area contributed by atoms with E-state index in [0.29, 0.717) is 6.54 Å². The second-order valence-corrected chi connectivity index (χ2v) is 5.39. The maximum atomic E-state index is 9.33. The van der Waals surface area contributed by atoms with Crippen molar-refractivity contribution in [2.45, 2.75) is 6.54 Å². The topological polar surface area (TPSA) is 38.0 Å². The molecule has 0 amide bonds. The molecule has 0 aliphatic heterocycles. The van der Waals surface area contributed by atoms with Crippen molar-refractivity contribution in [1.82, 2.24) is 9.55 Å². The lowest BCUT2D eigenvalue weighted by Crippen LogP contribution is -2.04. The fourth-order valence-electron chi connectivity index (χ4n) is 2.42. The van der Waals surface area contributed by atoms with Crippen LogP contribution in [0.15, 0.2) is 65.4 Å². The van der Waals surface area contributed by atoms with Crippen LogP contribution in [0.25, 0.3) is 22.5 Å². The first-order valence-corrected chi connectivity index (χ1v) is 7.58. The predicted octanol–water partition coefficient (Wildman–Crippen LogP) is 3.97. The highest BCUT2D eigenvalue weighted by Crippen LogP contribution is 2.34. The average molecular weight is 343 g/mol. The van der Waals surface area contributed by atoms with Crippen LogP contribution in [0.1, 0.15) is 0 Å². The molecule has 3 rings (SSSR count). The summed E-state index contributed by atoms with van der Waals surface area (Å²) in [6, 6.07) is 20.2. The van der Waals surface area contributed by atoms with Crippen LogP contribution in [0.3, 0.4) is 0 Å². The van der Waals surface area contributed by atoms with Gasteiger partial charge in [0.05, 0.1) is 18.0 Å². The summed E-state index contributed by atoms with van der Waals surface area (Å²) in [5.74, 6) is 0. The summed E-state index contributed by atoms with van der Waals surface area (Å²) in [6.45, 7) is 0.577. The molecular formula is C17H15BrN2O. The van der Waals surface area contributed by atoms with E-state index in [1.165, 1.54) is 0 Å². The first-order chi connectivity index (χ1) is 10.3. The van der Waals surface area contributed by atoms with E-state index in [9.17, 15) is 5.11 Å². The number of halogens is 1. The molecule has 0 atom stereocenters. The largest absolute Gasteiger partial charge is 0.395 e. The molecule has 21 heavy (non-hydrogen) atoms. The number of hydrogen-bond donors (Lipinski definition) is 1. The van der Waals surface area contributed by atoms with Crippen LogP contribution >= 0.6 is 15.9 Å². The van der Waals surface area contributed by atoms with Crippen molar-refractivity contribution in [3.8, 4) is 22.5 Å². The normalized spacial score (nSPS) is 10.8. The van der Waals surface area contributed by atoms with E-state index in [0.717, 1.165) is 27.2 Å². The molecule has 2 aromatic carbocycles. The third kappa shape index (κ3) is 2.77. The number of nitrogens with zero attached hydrogens (tertiary/aromatic N) is 2. The van der Waals surface area contributed by atoms with Crippen LogP contribution in [0.5, 0.6) is 0 Å². The Morgan fingerprint density at radius 3 is 2.05 bits per heavy atom. The van der Waals surface area contributed by atoms with E-state index < -0.39 is 0 Å². The highest BCUT2D eigenvalue weighted by molar-refractivity contribution is 9.10.